The Labute approximate surface area is 152 Å². The van der Waals surface area contributed by atoms with Gasteiger partial charge in [-0.2, -0.15) is 0 Å². The van der Waals surface area contributed by atoms with E-state index in [1.165, 1.54) is 7.11 Å². The molecular weight excluding hydrogens is 369 g/mol. The minimum atomic E-state index is -1.07. The number of benzene rings is 1. The molecule has 0 aliphatic rings. The average Bonchev–Trinajstić information content (AvgIpc) is 2.85. The molecule has 5 nitrogen and oxygen atoms in total. The van der Waals surface area contributed by atoms with Crippen LogP contribution in [0.1, 0.15) is 24.6 Å². The lowest BCUT2D eigenvalue weighted by Gasteiger charge is -2.08. The standard InChI is InChI=1S/C17H17F3N2O3S/c1-8(5-14(24)25-3)4-13(23)21-17-22-16(9(2)26-17)15-11(19)6-10(18)7-12(15)20/h6-8H,4-5H2,1-3H3,(H,21,22,23). The van der Waals surface area contributed by atoms with Crippen LogP contribution in [0.4, 0.5) is 18.3 Å². The van der Waals surface area contributed by atoms with Crippen molar-refractivity contribution in [3.8, 4) is 11.3 Å². The number of amides is 1. The lowest BCUT2D eigenvalue weighted by Crippen LogP contribution is -2.17. The van der Waals surface area contributed by atoms with Crippen molar-refractivity contribution in [1.82, 2.24) is 4.98 Å². The zero-order valence-corrected chi connectivity index (χ0v) is 15.2. The molecule has 26 heavy (non-hydrogen) atoms. The highest BCUT2D eigenvalue weighted by Gasteiger charge is 2.21. The Morgan fingerprint density at radius 2 is 1.85 bits per heavy atom. The second-order valence-electron chi connectivity index (χ2n) is 5.81. The Hall–Kier alpha value is -2.42. The summed E-state index contributed by atoms with van der Waals surface area (Å²) in [5, 5.41) is 2.71. The summed E-state index contributed by atoms with van der Waals surface area (Å²) in [6, 6.07) is 1.15. The fourth-order valence-corrected chi connectivity index (χ4v) is 3.21. The van der Waals surface area contributed by atoms with Crippen LogP contribution in [0.3, 0.4) is 0 Å². The van der Waals surface area contributed by atoms with Gasteiger partial charge in [-0.1, -0.05) is 6.92 Å². The van der Waals surface area contributed by atoms with Crippen LogP contribution in [0, 0.1) is 30.3 Å². The Bertz CT molecular complexity index is 816. The number of ether oxygens (including phenoxy) is 1. The molecule has 2 aromatic rings. The van der Waals surface area contributed by atoms with Gasteiger partial charge >= 0.3 is 5.97 Å². The summed E-state index contributed by atoms with van der Waals surface area (Å²) in [6.07, 6.45) is 0.153. The van der Waals surface area contributed by atoms with E-state index in [4.69, 9.17) is 0 Å². The number of aromatic nitrogens is 1. The van der Waals surface area contributed by atoms with Crippen molar-refractivity contribution in [2.75, 3.05) is 12.4 Å². The first-order valence-electron chi connectivity index (χ1n) is 7.70. The number of carbonyl (C=O) groups excluding carboxylic acids is 2. The number of hydrogen-bond acceptors (Lipinski definition) is 5. The number of methoxy groups -OCH3 is 1. The molecule has 1 N–H and O–H groups in total. The molecule has 0 aliphatic heterocycles. The van der Waals surface area contributed by atoms with Gasteiger partial charge in [0.05, 0.1) is 18.4 Å². The molecule has 1 atom stereocenters. The maximum Gasteiger partial charge on any atom is 0.305 e. The Balaban J connectivity index is 2.14. The average molecular weight is 386 g/mol. The molecule has 1 heterocycles. The monoisotopic (exact) mass is 386 g/mol. The number of nitrogens with one attached hydrogen (secondary N) is 1. The highest BCUT2D eigenvalue weighted by molar-refractivity contribution is 7.16. The van der Waals surface area contributed by atoms with Crippen molar-refractivity contribution < 1.29 is 27.5 Å². The van der Waals surface area contributed by atoms with E-state index >= 15 is 0 Å². The van der Waals surface area contributed by atoms with Crippen LogP contribution in [-0.4, -0.2) is 24.0 Å². The largest absolute Gasteiger partial charge is 0.469 e. The molecule has 1 aromatic heterocycles. The van der Waals surface area contributed by atoms with E-state index in [0.29, 0.717) is 17.0 Å². The molecule has 140 valence electrons. The minimum absolute atomic E-state index is 0.00269. The number of aryl methyl sites for hydroxylation is 1. The first-order valence-corrected chi connectivity index (χ1v) is 8.52. The molecule has 0 aliphatic carbocycles. The predicted octanol–water partition coefficient (Wildman–Crippen LogP) is 4.06. The molecule has 0 fully saturated rings. The van der Waals surface area contributed by atoms with Crippen molar-refractivity contribution >= 4 is 28.3 Å². The molecule has 0 bridgehead atoms. The summed E-state index contributed by atoms with van der Waals surface area (Å²) in [4.78, 5) is 27.7. The zero-order chi connectivity index (χ0) is 19.4. The van der Waals surface area contributed by atoms with Crippen LogP contribution in [-0.2, 0) is 14.3 Å². The van der Waals surface area contributed by atoms with Gasteiger partial charge in [0.15, 0.2) is 5.13 Å². The first kappa shape index (κ1) is 19.9. The summed E-state index contributed by atoms with van der Waals surface area (Å²) in [5.74, 6) is -4.21. The second-order valence-corrected chi connectivity index (χ2v) is 7.01. The van der Waals surface area contributed by atoms with Crippen LogP contribution in [0.15, 0.2) is 12.1 Å². The summed E-state index contributed by atoms with van der Waals surface area (Å²) in [7, 11) is 1.27. The summed E-state index contributed by atoms with van der Waals surface area (Å²) in [6.45, 7) is 3.31. The topological polar surface area (TPSA) is 68.3 Å². The van der Waals surface area contributed by atoms with Gasteiger partial charge in [0.2, 0.25) is 5.91 Å². The predicted molar refractivity (Wildman–Crippen MR) is 91.2 cm³/mol. The number of esters is 1. The Morgan fingerprint density at radius 1 is 1.23 bits per heavy atom. The zero-order valence-electron chi connectivity index (χ0n) is 14.4. The molecule has 1 aromatic carbocycles. The third kappa shape index (κ3) is 4.81. The second kappa shape index (κ2) is 8.31. The van der Waals surface area contributed by atoms with E-state index in [1.807, 2.05) is 0 Å². The van der Waals surface area contributed by atoms with Gasteiger partial charge in [-0.15, -0.1) is 11.3 Å². The molecule has 0 saturated heterocycles. The molecule has 1 unspecified atom stereocenters. The normalized spacial score (nSPS) is 11.9. The third-order valence-corrected chi connectivity index (χ3v) is 4.45. The van der Waals surface area contributed by atoms with Crippen molar-refractivity contribution in [3.05, 3.63) is 34.5 Å². The molecule has 2 rings (SSSR count). The fourth-order valence-electron chi connectivity index (χ4n) is 2.38. The fraction of sp³-hybridized carbons (Fsp3) is 0.353. The highest BCUT2D eigenvalue weighted by Crippen LogP contribution is 2.34. The molecular formula is C17H17F3N2O3S. The highest BCUT2D eigenvalue weighted by atomic mass is 32.1. The number of nitrogens with zero attached hydrogens (tertiary/aromatic N) is 1. The SMILES string of the molecule is COC(=O)CC(C)CC(=O)Nc1nc(-c2c(F)cc(F)cc2F)c(C)s1. The minimum Gasteiger partial charge on any atom is -0.469 e. The lowest BCUT2D eigenvalue weighted by molar-refractivity contribution is -0.141. The molecule has 1 amide bonds. The maximum atomic E-state index is 13.9. The number of rotatable bonds is 6. The van der Waals surface area contributed by atoms with Crippen molar-refractivity contribution in [2.45, 2.75) is 26.7 Å². The number of thiazole rings is 1. The van der Waals surface area contributed by atoms with Crippen LogP contribution >= 0.6 is 11.3 Å². The molecule has 0 radical (unpaired) electrons. The van der Waals surface area contributed by atoms with E-state index in [2.05, 4.69) is 15.0 Å². The van der Waals surface area contributed by atoms with Crippen molar-refractivity contribution in [1.29, 1.82) is 0 Å². The first-order chi connectivity index (χ1) is 12.2. The number of halogens is 3. The number of hydrogen-bond donors (Lipinski definition) is 1. The molecule has 0 saturated carbocycles. The van der Waals surface area contributed by atoms with E-state index < -0.39 is 29.0 Å². The summed E-state index contributed by atoms with van der Waals surface area (Å²) < 4.78 is 45.5. The smallest absolute Gasteiger partial charge is 0.305 e. The Morgan fingerprint density at radius 3 is 2.42 bits per heavy atom. The van der Waals surface area contributed by atoms with Crippen LogP contribution in [0.5, 0.6) is 0 Å². The van der Waals surface area contributed by atoms with Gasteiger partial charge in [0, 0.05) is 29.9 Å². The lowest BCUT2D eigenvalue weighted by atomic mass is 10.0. The van der Waals surface area contributed by atoms with Crippen LogP contribution < -0.4 is 5.32 Å². The maximum absolute atomic E-state index is 13.9. The Kier molecular flexibility index (Phi) is 6.36. The van der Waals surface area contributed by atoms with E-state index in [0.717, 1.165) is 11.3 Å². The summed E-state index contributed by atoms with van der Waals surface area (Å²) in [5.41, 5.74) is -0.442. The quantitative estimate of drug-likeness (QED) is 0.760. The van der Waals surface area contributed by atoms with E-state index in [9.17, 15) is 22.8 Å². The van der Waals surface area contributed by atoms with Gasteiger partial charge in [-0.3, -0.25) is 9.59 Å². The van der Waals surface area contributed by atoms with Crippen molar-refractivity contribution in [2.24, 2.45) is 5.92 Å². The van der Waals surface area contributed by atoms with E-state index in [-0.39, 0.29) is 35.5 Å². The third-order valence-electron chi connectivity index (χ3n) is 3.56. The van der Waals surface area contributed by atoms with Gasteiger partial charge in [-0.05, 0) is 12.8 Å². The van der Waals surface area contributed by atoms with Crippen LogP contribution in [0.2, 0.25) is 0 Å². The summed E-state index contributed by atoms with van der Waals surface area (Å²) >= 11 is 1.04. The van der Waals surface area contributed by atoms with Gasteiger partial charge in [-0.25, -0.2) is 18.2 Å². The van der Waals surface area contributed by atoms with Gasteiger partial charge in [0.25, 0.3) is 0 Å². The van der Waals surface area contributed by atoms with Gasteiger partial charge < -0.3 is 10.1 Å². The number of anilines is 1. The molecule has 0 spiro atoms. The number of carbonyl (C=O) groups is 2. The van der Waals surface area contributed by atoms with E-state index in [1.54, 1.807) is 13.8 Å². The van der Waals surface area contributed by atoms with Crippen LogP contribution in [0.25, 0.3) is 11.3 Å². The molecule has 9 heteroatoms. The van der Waals surface area contributed by atoms with Crippen molar-refractivity contribution in [3.63, 3.8) is 0 Å². The van der Waals surface area contributed by atoms with Gasteiger partial charge in [0.1, 0.15) is 17.5 Å².